The van der Waals surface area contributed by atoms with Crippen molar-refractivity contribution in [2.45, 2.75) is 26.2 Å². The molecule has 0 aromatic carbocycles. The van der Waals surface area contributed by atoms with Crippen molar-refractivity contribution < 1.29 is 0 Å². The number of allylic oxidation sites excluding steroid dienone is 2. The summed E-state index contributed by atoms with van der Waals surface area (Å²) in [6, 6.07) is 2.30. The Kier molecular flexibility index (Phi) is 5.18. The summed E-state index contributed by atoms with van der Waals surface area (Å²) in [4.78, 5) is 2.41. The summed E-state index contributed by atoms with van der Waals surface area (Å²) in [6.07, 6.45) is 8.60. The summed E-state index contributed by atoms with van der Waals surface area (Å²) in [5.41, 5.74) is 1.34. The molecule has 0 radical (unpaired) electrons. The minimum atomic E-state index is 0.226. The van der Waals surface area contributed by atoms with E-state index in [2.05, 4.69) is 31.1 Å². The fourth-order valence-corrected chi connectivity index (χ4v) is 2.16. The Morgan fingerprint density at radius 3 is 2.65 bits per heavy atom. The second-order valence-corrected chi connectivity index (χ2v) is 5.17. The van der Waals surface area contributed by atoms with Crippen LogP contribution in [0, 0.1) is 16.7 Å². The first-order chi connectivity index (χ1) is 8.09. The van der Waals surface area contributed by atoms with Crippen LogP contribution in [0.4, 0.5) is 0 Å². The molecule has 1 aliphatic heterocycles. The van der Waals surface area contributed by atoms with Gasteiger partial charge in [0.1, 0.15) is 0 Å². The van der Waals surface area contributed by atoms with Gasteiger partial charge < -0.3 is 0 Å². The van der Waals surface area contributed by atoms with Crippen LogP contribution in [0.25, 0.3) is 0 Å². The molecule has 92 valence electrons. The third-order valence-corrected chi connectivity index (χ3v) is 3.46. The Hall–Kier alpha value is -1.33. The lowest BCUT2D eigenvalue weighted by molar-refractivity contribution is 0.130. The van der Waals surface area contributed by atoms with E-state index in [0.29, 0.717) is 6.42 Å². The number of rotatable bonds is 5. The van der Waals surface area contributed by atoms with Crippen LogP contribution in [-0.4, -0.2) is 24.5 Å². The standard InChI is InChI=1S/C15H22N2/c1-4-5-6-14(2)13-17-11-8-15(3,7-10-16)9-12-17/h4-6H,1-2,7-9,11-13H2,3H3/b6-5-. The van der Waals surface area contributed by atoms with Gasteiger partial charge in [-0.15, -0.1) is 0 Å². The van der Waals surface area contributed by atoms with Crippen LogP contribution in [0.1, 0.15) is 26.2 Å². The van der Waals surface area contributed by atoms with Crippen LogP contribution in [0.5, 0.6) is 0 Å². The van der Waals surface area contributed by atoms with E-state index in [9.17, 15) is 0 Å². The fourth-order valence-electron chi connectivity index (χ4n) is 2.16. The van der Waals surface area contributed by atoms with E-state index >= 15 is 0 Å². The Labute approximate surface area is 105 Å². The van der Waals surface area contributed by atoms with Gasteiger partial charge in [-0.05, 0) is 36.9 Å². The van der Waals surface area contributed by atoms with E-state index in [1.807, 2.05) is 12.2 Å². The number of hydrogen-bond donors (Lipinski definition) is 0. The van der Waals surface area contributed by atoms with Crippen LogP contribution in [0.15, 0.2) is 37.0 Å². The van der Waals surface area contributed by atoms with E-state index < -0.39 is 0 Å². The van der Waals surface area contributed by atoms with Gasteiger partial charge in [0.2, 0.25) is 0 Å². The van der Waals surface area contributed by atoms with E-state index in [1.54, 1.807) is 6.08 Å². The van der Waals surface area contributed by atoms with Crippen LogP contribution in [0.2, 0.25) is 0 Å². The summed E-state index contributed by atoms with van der Waals surface area (Å²) in [7, 11) is 0. The number of piperidine rings is 1. The quantitative estimate of drug-likeness (QED) is 0.678. The minimum Gasteiger partial charge on any atom is -0.299 e. The molecule has 1 rings (SSSR count). The molecular weight excluding hydrogens is 208 g/mol. The van der Waals surface area contributed by atoms with Gasteiger partial charge in [0.25, 0.3) is 0 Å². The lowest BCUT2D eigenvalue weighted by Crippen LogP contribution is -2.39. The maximum Gasteiger partial charge on any atom is 0.0627 e. The molecule has 2 heteroatoms. The minimum absolute atomic E-state index is 0.226. The SMILES string of the molecule is C=C/C=C\C(=C)CN1CCC(C)(CC#N)CC1. The Balaban J connectivity index is 2.37. The summed E-state index contributed by atoms with van der Waals surface area (Å²) in [6.45, 7) is 13.0. The largest absolute Gasteiger partial charge is 0.299 e. The van der Waals surface area contributed by atoms with Crippen LogP contribution >= 0.6 is 0 Å². The normalized spacial score (nSPS) is 20.0. The smallest absolute Gasteiger partial charge is 0.0627 e. The van der Waals surface area contributed by atoms with Gasteiger partial charge in [0.05, 0.1) is 6.07 Å². The topological polar surface area (TPSA) is 27.0 Å². The summed E-state index contributed by atoms with van der Waals surface area (Å²) >= 11 is 0. The van der Waals surface area contributed by atoms with Crippen LogP contribution in [0.3, 0.4) is 0 Å². The third-order valence-electron chi connectivity index (χ3n) is 3.46. The molecule has 1 fully saturated rings. The zero-order valence-corrected chi connectivity index (χ0v) is 10.8. The highest BCUT2D eigenvalue weighted by atomic mass is 15.1. The first kappa shape index (κ1) is 13.7. The highest BCUT2D eigenvalue weighted by Crippen LogP contribution is 2.33. The molecule has 2 nitrogen and oxygen atoms in total. The second-order valence-electron chi connectivity index (χ2n) is 5.17. The zero-order valence-electron chi connectivity index (χ0n) is 10.8. The fraction of sp³-hybridized carbons (Fsp3) is 0.533. The highest BCUT2D eigenvalue weighted by molar-refractivity contribution is 5.19. The Morgan fingerprint density at radius 1 is 1.47 bits per heavy atom. The summed E-state index contributed by atoms with van der Waals surface area (Å²) < 4.78 is 0. The lowest BCUT2D eigenvalue weighted by atomic mass is 9.78. The zero-order chi connectivity index (χ0) is 12.7. The monoisotopic (exact) mass is 230 g/mol. The van der Waals surface area contributed by atoms with Gasteiger partial charge in [-0.3, -0.25) is 4.90 Å². The molecule has 0 atom stereocenters. The average molecular weight is 230 g/mol. The average Bonchev–Trinajstić information content (AvgIpc) is 2.30. The molecule has 17 heavy (non-hydrogen) atoms. The van der Waals surface area contributed by atoms with Crippen molar-refractivity contribution in [3.05, 3.63) is 37.0 Å². The number of nitrogens with zero attached hydrogens (tertiary/aromatic N) is 2. The first-order valence-electron chi connectivity index (χ1n) is 6.16. The van der Waals surface area contributed by atoms with E-state index in [0.717, 1.165) is 38.0 Å². The molecule has 0 unspecified atom stereocenters. The van der Waals surface area contributed by atoms with Gasteiger partial charge in [-0.25, -0.2) is 0 Å². The van der Waals surface area contributed by atoms with Crippen LogP contribution < -0.4 is 0 Å². The van der Waals surface area contributed by atoms with Crippen molar-refractivity contribution in [2.75, 3.05) is 19.6 Å². The summed E-state index contributed by atoms with van der Waals surface area (Å²) in [5.74, 6) is 0. The molecule has 0 bridgehead atoms. The molecule has 0 spiro atoms. The number of hydrogen-bond acceptors (Lipinski definition) is 2. The van der Waals surface area contributed by atoms with Gasteiger partial charge in [0, 0.05) is 13.0 Å². The predicted molar refractivity (Wildman–Crippen MR) is 72.5 cm³/mol. The molecule has 0 N–H and O–H groups in total. The Bertz CT molecular complexity index is 338. The molecule has 0 aromatic heterocycles. The number of nitriles is 1. The molecule has 1 aliphatic rings. The van der Waals surface area contributed by atoms with Gasteiger partial charge in [-0.2, -0.15) is 5.26 Å². The predicted octanol–water partition coefficient (Wildman–Crippen LogP) is 3.30. The molecule has 0 saturated carbocycles. The molecule has 1 saturated heterocycles. The van der Waals surface area contributed by atoms with Crippen molar-refractivity contribution in [3.63, 3.8) is 0 Å². The van der Waals surface area contributed by atoms with Crippen LogP contribution in [-0.2, 0) is 0 Å². The number of likely N-dealkylation sites (tertiary alicyclic amines) is 1. The van der Waals surface area contributed by atoms with E-state index in [-0.39, 0.29) is 5.41 Å². The third kappa shape index (κ3) is 4.58. The molecule has 1 heterocycles. The van der Waals surface area contributed by atoms with Crippen molar-refractivity contribution in [3.8, 4) is 6.07 Å². The van der Waals surface area contributed by atoms with Gasteiger partial charge in [-0.1, -0.05) is 38.3 Å². The van der Waals surface area contributed by atoms with Gasteiger partial charge >= 0.3 is 0 Å². The van der Waals surface area contributed by atoms with Crippen molar-refractivity contribution in [1.29, 1.82) is 5.26 Å². The Morgan fingerprint density at radius 2 is 2.12 bits per heavy atom. The van der Waals surface area contributed by atoms with Crippen molar-refractivity contribution >= 4 is 0 Å². The lowest BCUT2D eigenvalue weighted by Gasteiger charge is -2.38. The molecule has 0 aliphatic carbocycles. The van der Waals surface area contributed by atoms with Crippen molar-refractivity contribution in [1.82, 2.24) is 4.90 Å². The molecular formula is C15H22N2. The maximum atomic E-state index is 8.80. The second kappa shape index (κ2) is 6.42. The first-order valence-corrected chi connectivity index (χ1v) is 6.16. The van der Waals surface area contributed by atoms with E-state index in [1.165, 1.54) is 0 Å². The maximum absolute atomic E-state index is 8.80. The van der Waals surface area contributed by atoms with E-state index in [4.69, 9.17) is 5.26 Å². The highest BCUT2D eigenvalue weighted by Gasteiger charge is 2.29. The summed E-state index contributed by atoms with van der Waals surface area (Å²) in [5, 5.41) is 8.80. The van der Waals surface area contributed by atoms with Gasteiger partial charge in [0.15, 0.2) is 0 Å². The molecule has 0 amide bonds. The molecule has 0 aromatic rings. The van der Waals surface area contributed by atoms with Crippen molar-refractivity contribution in [2.24, 2.45) is 5.41 Å².